The maximum atomic E-state index is 12.0. The Labute approximate surface area is 155 Å². The predicted octanol–water partition coefficient (Wildman–Crippen LogP) is 3.23. The van der Waals surface area contributed by atoms with Crippen molar-refractivity contribution in [2.75, 3.05) is 13.2 Å². The van der Waals surface area contributed by atoms with Crippen molar-refractivity contribution in [1.82, 2.24) is 10.9 Å². The summed E-state index contributed by atoms with van der Waals surface area (Å²) >= 11 is 11.7. The number of hydrogen-bond donors (Lipinski definition) is 2. The highest BCUT2D eigenvalue weighted by Crippen LogP contribution is 2.26. The molecule has 6 nitrogen and oxygen atoms in total. The summed E-state index contributed by atoms with van der Waals surface area (Å²) in [6.07, 6.45) is 0. The number of nitrogens with one attached hydrogen (secondary N) is 2. The summed E-state index contributed by atoms with van der Waals surface area (Å²) in [4.78, 5) is 23.8. The molecule has 0 aliphatic carbocycles. The molecule has 0 aliphatic rings. The highest BCUT2D eigenvalue weighted by Gasteiger charge is 2.13. The molecule has 0 saturated carbocycles. The van der Waals surface area contributed by atoms with Crippen LogP contribution in [0.2, 0.25) is 10.0 Å². The van der Waals surface area contributed by atoms with Crippen molar-refractivity contribution in [3.8, 4) is 11.5 Å². The molecule has 2 rings (SSSR count). The monoisotopic (exact) mass is 382 g/mol. The second-order valence-corrected chi connectivity index (χ2v) is 5.64. The standard InChI is InChI=1S/C17H16Cl2N2O4/c1-2-24-14-5-3-4-6-15(14)25-10-16(22)20-21-17(23)12-9-11(18)7-8-13(12)19/h3-9H,2,10H2,1H3,(H,20,22)(H,21,23). The molecule has 0 bridgehead atoms. The van der Waals surface area contributed by atoms with Gasteiger partial charge in [0.15, 0.2) is 18.1 Å². The molecule has 2 aromatic rings. The SMILES string of the molecule is CCOc1ccccc1OCC(=O)NNC(=O)c1cc(Cl)ccc1Cl. The lowest BCUT2D eigenvalue weighted by atomic mass is 10.2. The van der Waals surface area contributed by atoms with Crippen LogP contribution in [-0.2, 0) is 4.79 Å². The van der Waals surface area contributed by atoms with Crippen LogP contribution in [0, 0.1) is 0 Å². The van der Waals surface area contributed by atoms with E-state index in [1.165, 1.54) is 12.1 Å². The fourth-order valence-electron chi connectivity index (χ4n) is 1.89. The molecule has 0 unspecified atom stereocenters. The first kappa shape index (κ1) is 18.9. The van der Waals surface area contributed by atoms with E-state index in [4.69, 9.17) is 32.7 Å². The van der Waals surface area contributed by atoms with E-state index < -0.39 is 11.8 Å². The number of ether oxygens (including phenoxy) is 2. The third-order valence-corrected chi connectivity index (χ3v) is 3.56. The van der Waals surface area contributed by atoms with Gasteiger partial charge in [-0.2, -0.15) is 0 Å². The number of hydrogen-bond acceptors (Lipinski definition) is 4. The predicted molar refractivity (Wildman–Crippen MR) is 95.2 cm³/mol. The minimum Gasteiger partial charge on any atom is -0.490 e. The van der Waals surface area contributed by atoms with Crippen molar-refractivity contribution in [3.63, 3.8) is 0 Å². The highest BCUT2D eigenvalue weighted by molar-refractivity contribution is 6.35. The Bertz CT molecular complexity index is 768. The summed E-state index contributed by atoms with van der Waals surface area (Å²) in [7, 11) is 0. The molecule has 0 aromatic heterocycles. The number of para-hydroxylation sites is 2. The van der Waals surface area contributed by atoms with Gasteiger partial charge in [-0.15, -0.1) is 0 Å². The molecular formula is C17H16Cl2N2O4. The molecule has 25 heavy (non-hydrogen) atoms. The largest absolute Gasteiger partial charge is 0.490 e. The number of halogens is 2. The van der Waals surface area contributed by atoms with E-state index in [1.54, 1.807) is 30.3 Å². The van der Waals surface area contributed by atoms with Crippen molar-refractivity contribution in [2.45, 2.75) is 6.92 Å². The van der Waals surface area contributed by atoms with E-state index in [2.05, 4.69) is 10.9 Å². The molecule has 0 radical (unpaired) electrons. The van der Waals surface area contributed by atoms with Gasteiger partial charge in [-0.05, 0) is 37.3 Å². The first-order valence-electron chi connectivity index (χ1n) is 7.40. The molecule has 132 valence electrons. The van der Waals surface area contributed by atoms with Gasteiger partial charge in [0.05, 0.1) is 17.2 Å². The second kappa shape index (κ2) is 9.15. The third-order valence-electron chi connectivity index (χ3n) is 3.00. The van der Waals surface area contributed by atoms with Crippen molar-refractivity contribution in [2.24, 2.45) is 0 Å². The topological polar surface area (TPSA) is 76.7 Å². The molecule has 0 atom stereocenters. The first-order chi connectivity index (χ1) is 12.0. The van der Waals surface area contributed by atoms with Crippen LogP contribution in [0.25, 0.3) is 0 Å². The summed E-state index contributed by atoms with van der Waals surface area (Å²) < 4.78 is 10.8. The maximum Gasteiger partial charge on any atom is 0.276 e. The fourth-order valence-corrected chi connectivity index (χ4v) is 2.26. The molecule has 0 fully saturated rings. The molecule has 2 amide bonds. The van der Waals surface area contributed by atoms with Gasteiger partial charge >= 0.3 is 0 Å². The van der Waals surface area contributed by atoms with Gasteiger partial charge in [0.2, 0.25) is 0 Å². The lowest BCUT2D eigenvalue weighted by molar-refractivity contribution is -0.123. The summed E-state index contributed by atoms with van der Waals surface area (Å²) in [6.45, 7) is 2.02. The molecule has 0 spiro atoms. The number of hydrazine groups is 1. The Kier molecular flexibility index (Phi) is 6.91. The average molecular weight is 383 g/mol. The van der Waals surface area contributed by atoms with Crippen LogP contribution >= 0.6 is 23.2 Å². The number of carbonyl (C=O) groups excluding carboxylic acids is 2. The highest BCUT2D eigenvalue weighted by atomic mass is 35.5. The van der Waals surface area contributed by atoms with Crippen molar-refractivity contribution in [1.29, 1.82) is 0 Å². The molecule has 8 heteroatoms. The Morgan fingerprint density at radius 2 is 1.68 bits per heavy atom. The van der Waals surface area contributed by atoms with Gasteiger partial charge in [-0.1, -0.05) is 35.3 Å². The molecular weight excluding hydrogens is 367 g/mol. The summed E-state index contributed by atoms with van der Waals surface area (Å²) in [5, 5.41) is 0.579. The molecule has 2 aromatic carbocycles. The van der Waals surface area contributed by atoms with Crippen molar-refractivity contribution >= 4 is 35.0 Å². The van der Waals surface area contributed by atoms with Gasteiger partial charge < -0.3 is 9.47 Å². The Hall–Kier alpha value is -2.44. The Morgan fingerprint density at radius 3 is 2.36 bits per heavy atom. The van der Waals surface area contributed by atoms with E-state index in [-0.39, 0.29) is 17.2 Å². The molecule has 2 N–H and O–H groups in total. The lowest BCUT2D eigenvalue weighted by Crippen LogP contribution is -2.43. The van der Waals surface area contributed by atoms with Gasteiger partial charge in [-0.3, -0.25) is 20.4 Å². The maximum absolute atomic E-state index is 12.0. The molecule has 0 heterocycles. The molecule has 0 aliphatic heterocycles. The van der Waals surface area contributed by atoms with Crippen molar-refractivity contribution < 1.29 is 19.1 Å². The second-order valence-electron chi connectivity index (χ2n) is 4.79. The minimum atomic E-state index is -0.587. The van der Waals surface area contributed by atoms with Crippen LogP contribution in [0.5, 0.6) is 11.5 Å². The third kappa shape index (κ3) is 5.55. The van der Waals surface area contributed by atoms with Gasteiger partial charge in [0, 0.05) is 5.02 Å². The van der Waals surface area contributed by atoms with Crippen molar-refractivity contribution in [3.05, 3.63) is 58.1 Å². The van der Waals surface area contributed by atoms with Gasteiger partial charge in [0.1, 0.15) is 0 Å². The van der Waals surface area contributed by atoms with E-state index in [9.17, 15) is 9.59 Å². The zero-order valence-corrected chi connectivity index (χ0v) is 14.9. The molecule has 0 saturated heterocycles. The Balaban J connectivity index is 1.87. The summed E-state index contributed by atoms with van der Waals surface area (Å²) in [5.41, 5.74) is 4.64. The zero-order valence-electron chi connectivity index (χ0n) is 13.3. The number of amides is 2. The van der Waals surface area contributed by atoms with E-state index >= 15 is 0 Å². The summed E-state index contributed by atoms with van der Waals surface area (Å²) in [5.74, 6) is -0.162. The summed E-state index contributed by atoms with van der Waals surface area (Å²) in [6, 6.07) is 11.4. The Morgan fingerprint density at radius 1 is 1.00 bits per heavy atom. The van der Waals surface area contributed by atoms with Crippen LogP contribution in [0.1, 0.15) is 17.3 Å². The zero-order chi connectivity index (χ0) is 18.2. The van der Waals surface area contributed by atoms with Crippen LogP contribution < -0.4 is 20.3 Å². The van der Waals surface area contributed by atoms with Gasteiger partial charge in [0.25, 0.3) is 11.8 Å². The fraction of sp³-hybridized carbons (Fsp3) is 0.176. The van der Waals surface area contributed by atoms with E-state index in [1.807, 2.05) is 6.92 Å². The number of rotatable bonds is 6. The van der Waals surface area contributed by atoms with E-state index in [0.717, 1.165) is 0 Å². The van der Waals surface area contributed by atoms with Crippen LogP contribution in [0.4, 0.5) is 0 Å². The number of benzene rings is 2. The van der Waals surface area contributed by atoms with Gasteiger partial charge in [-0.25, -0.2) is 0 Å². The minimum absolute atomic E-state index is 0.150. The number of carbonyl (C=O) groups is 2. The average Bonchev–Trinajstić information content (AvgIpc) is 2.61. The quantitative estimate of drug-likeness (QED) is 0.751. The van der Waals surface area contributed by atoms with Crippen LogP contribution in [0.3, 0.4) is 0 Å². The smallest absolute Gasteiger partial charge is 0.276 e. The first-order valence-corrected chi connectivity index (χ1v) is 8.15. The van der Waals surface area contributed by atoms with Crippen LogP contribution in [0.15, 0.2) is 42.5 Å². The van der Waals surface area contributed by atoms with Crippen LogP contribution in [-0.4, -0.2) is 25.0 Å². The lowest BCUT2D eigenvalue weighted by Gasteiger charge is -2.12. The normalized spacial score (nSPS) is 10.0. The van der Waals surface area contributed by atoms with E-state index in [0.29, 0.717) is 23.1 Å².